The minimum Gasteiger partial charge on any atom is -0.755 e. The molecule has 132 valence electrons. The first-order valence-electron chi connectivity index (χ1n) is 7.69. The molecule has 0 spiro atoms. The van der Waals surface area contributed by atoms with Crippen molar-refractivity contribution in [1.29, 1.82) is 0 Å². The van der Waals surface area contributed by atoms with Gasteiger partial charge in [0.25, 0.3) is 6.47 Å². The molecule has 1 aliphatic carbocycles. The first kappa shape index (κ1) is 18.6. The van der Waals surface area contributed by atoms with E-state index in [4.69, 9.17) is 10.5 Å². The van der Waals surface area contributed by atoms with E-state index in [1.165, 1.54) is 12.1 Å². The van der Waals surface area contributed by atoms with E-state index in [-0.39, 0.29) is 18.8 Å². The van der Waals surface area contributed by atoms with Crippen LogP contribution in [0, 0.1) is 5.82 Å². The lowest BCUT2D eigenvalue weighted by Crippen LogP contribution is -2.40. The topological polar surface area (TPSA) is 95.7 Å². The third kappa shape index (κ3) is 4.40. The Labute approximate surface area is 142 Å². The van der Waals surface area contributed by atoms with Crippen molar-refractivity contribution in [2.45, 2.75) is 38.3 Å². The molecule has 2 unspecified atom stereocenters. The number of carbonyl (C=O) groups is 1. The van der Waals surface area contributed by atoms with Gasteiger partial charge in [0.15, 0.2) is 0 Å². The van der Waals surface area contributed by atoms with Gasteiger partial charge in [-0.1, -0.05) is 12.1 Å². The summed E-state index contributed by atoms with van der Waals surface area (Å²) in [6.07, 6.45) is 4.56. The van der Waals surface area contributed by atoms with Gasteiger partial charge in [-0.2, -0.15) is 0 Å². The highest BCUT2D eigenvalue weighted by atomic mass is 32.2. The second-order valence-corrected chi connectivity index (χ2v) is 6.30. The molecular weight excluding hydrogens is 335 g/mol. The quantitative estimate of drug-likeness (QED) is 0.333. The van der Waals surface area contributed by atoms with Crippen LogP contribution in [-0.2, 0) is 27.3 Å². The van der Waals surface area contributed by atoms with Crippen molar-refractivity contribution < 1.29 is 22.7 Å². The highest BCUT2D eigenvalue weighted by Crippen LogP contribution is 2.32. The fourth-order valence-corrected chi connectivity index (χ4v) is 3.65. The first-order valence-corrected chi connectivity index (χ1v) is 8.73. The molecule has 0 saturated heterocycles. The SMILES string of the molecule is NCc1ccc(N(C2CCCC=C2CCOC=O)S(=O)[O-])c(F)c1. The van der Waals surface area contributed by atoms with E-state index in [0.717, 1.165) is 22.7 Å². The van der Waals surface area contributed by atoms with Crippen LogP contribution >= 0.6 is 0 Å². The Balaban J connectivity index is 2.31. The maximum atomic E-state index is 14.4. The monoisotopic (exact) mass is 355 g/mol. The summed E-state index contributed by atoms with van der Waals surface area (Å²) in [4.78, 5) is 10.3. The summed E-state index contributed by atoms with van der Waals surface area (Å²) < 4.78 is 43.7. The lowest BCUT2D eigenvalue weighted by molar-refractivity contribution is -0.128. The van der Waals surface area contributed by atoms with Gasteiger partial charge >= 0.3 is 0 Å². The summed E-state index contributed by atoms with van der Waals surface area (Å²) in [6, 6.07) is 3.81. The molecule has 0 amide bonds. The van der Waals surface area contributed by atoms with Crippen molar-refractivity contribution in [3.63, 3.8) is 0 Å². The smallest absolute Gasteiger partial charge is 0.293 e. The number of benzene rings is 1. The number of rotatable bonds is 8. The normalized spacial score (nSPS) is 18.6. The standard InChI is InChI=1S/C16H21FN2O4S/c17-14-9-12(10-18)5-6-16(14)19(24(21)22)15-4-2-1-3-13(15)7-8-23-11-20/h3,5-6,9,11,15H,1-2,4,7-8,10,18H2,(H,21,22)/p-1. The second-order valence-electron chi connectivity index (χ2n) is 5.48. The van der Waals surface area contributed by atoms with E-state index in [2.05, 4.69) is 0 Å². The van der Waals surface area contributed by atoms with Crippen LogP contribution in [0.1, 0.15) is 31.2 Å². The number of nitrogens with two attached hydrogens (primary N) is 1. The van der Waals surface area contributed by atoms with Crippen LogP contribution in [0.2, 0.25) is 0 Å². The average molecular weight is 355 g/mol. The Morgan fingerprint density at radius 2 is 2.29 bits per heavy atom. The van der Waals surface area contributed by atoms with Crippen LogP contribution in [0.4, 0.5) is 10.1 Å². The van der Waals surface area contributed by atoms with Crippen molar-refractivity contribution in [2.75, 3.05) is 10.9 Å². The van der Waals surface area contributed by atoms with Gasteiger partial charge < -0.3 is 15.0 Å². The van der Waals surface area contributed by atoms with Crippen LogP contribution in [0.3, 0.4) is 0 Å². The van der Waals surface area contributed by atoms with E-state index < -0.39 is 23.1 Å². The summed E-state index contributed by atoms with van der Waals surface area (Å²) in [5, 5.41) is 0. The lowest BCUT2D eigenvalue weighted by atomic mass is 9.91. The van der Waals surface area contributed by atoms with Crippen LogP contribution in [-0.4, -0.2) is 27.9 Å². The zero-order chi connectivity index (χ0) is 17.5. The predicted molar refractivity (Wildman–Crippen MR) is 88.0 cm³/mol. The average Bonchev–Trinajstić information content (AvgIpc) is 2.57. The van der Waals surface area contributed by atoms with Gasteiger partial charge in [0.2, 0.25) is 0 Å². The molecular formula is C16H20FN2O4S-. The van der Waals surface area contributed by atoms with Crippen molar-refractivity contribution in [1.82, 2.24) is 0 Å². The fourth-order valence-electron chi connectivity index (χ4n) is 2.89. The Morgan fingerprint density at radius 3 is 2.92 bits per heavy atom. The molecule has 8 heteroatoms. The van der Waals surface area contributed by atoms with Crippen LogP contribution in [0.25, 0.3) is 0 Å². The number of halogens is 1. The molecule has 0 aliphatic heterocycles. The van der Waals surface area contributed by atoms with E-state index in [1.807, 2.05) is 6.08 Å². The Morgan fingerprint density at radius 1 is 1.50 bits per heavy atom. The van der Waals surface area contributed by atoms with E-state index in [1.54, 1.807) is 6.07 Å². The molecule has 0 bridgehead atoms. The maximum Gasteiger partial charge on any atom is 0.293 e. The van der Waals surface area contributed by atoms with Gasteiger partial charge in [-0.05, 0) is 42.5 Å². The number of nitrogens with zero attached hydrogens (tertiary/aromatic N) is 1. The summed E-state index contributed by atoms with van der Waals surface area (Å²) in [5.74, 6) is -0.629. The minimum absolute atomic E-state index is 0.00496. The van der Waals surface area contributed by atoms with Crippen molar-refractivity contribution in [2.24, 2.45) is 5.73 Å². The Hall–Kier alpha value is -1.77. The number of anilines is 1. The van der Waals surface area contributed by atoms with E-state index >= 15 is 0 Å². The van der Waals surface area contributed by atoms with Gasteiger partial charge in [0, 0.05) is 24.2 Å². The molecule has 0 radical (unpaired) electrons. The molecule has 2 rings (SSSR count). The summed E-state index contributed by atoms with van der Waals surface area (Å²) in [7, 11) is 0. The third-order valence-electron chi connectivity index (χ3n) is 4.02. The predicted octanol–water partition coefficient (Wildman–Crippen LogP) is 1.93. The second kappa shape index (κ2) is 8.91. The summed E-state index contributed by atoms with van der Waals surface area (Å²) in [6.45, 7) is 0.697. The van der Waals surface area contributed by atoms with Gasteiger partial charge in [0.05, 0.1) is 18.3 Å². The molecule has 0 saturated carbocycles. The Bertz CT molecular complexity index is 639. The molecule has 1 aliphatic rings. The minimum atomic E-state index is -2.64. The van der Waals surface area contributed by atoms with Crippen molar-refractivity contribution in [3.05, 3.63) is 41.2 Å². The van der Waals surface area contributed by atoms with E-state index in [0.29, 0.717) is 24.9 Å². The summed E-state index contributed by atoms with van der Waals surface area (Å²) >= 11 is -2.64. The molecule has 24 heavy (non-hydrogen) atoms. The third-order valence-corrected chi connectivity index (χ3v) is 4.79. The van der Waals surface area contributed by atoms with Gasteiger partial charge in [-0.15, -0.1) is 0 Å². The number of ether oxygens (including phenoxy) is 1. The molecule has 1 aromatic rings. The van der Waals surface area contributed by atoms with Crippen LogP contribution in [0.15, 0.2) is 29.8 Å². The lowest BCUT2D eigenvalue weighted by Gasteiger charge is -2.38. The van der Waals surface area contributed by atoms with E-state index in [9.17, 15) is 17.9 Å². The number of hydrogen-bond acceptors (Lipinski definition) is 5. The molecule has 2 atom stereocenters. The van der Waals surface area contributed by atoms with Crippen molar-refractivity contribution >= 4 is 23.4 Å². The summed E-state index contributed by atoms with van der Waals surface area (Å²) in [5.41, 5.74) is 6.90. The maximum absolute atomic E-state index is 14.4. The molecule has 1 aromatic carbocycles. The van der Waals surface area contributed by atoms with Crippen LogP contribution < -0.4 is 10.0 Å². The zero-order valence-corrected chi connectivity index (χ0v) is 14.0. The number of allylic oxidation sites excluding steroid dienone is 1. The van der Waals surface area contributed by atoms with Crippen molar-refractivity contribution in [3.8, 4) is 0 Å². The Kier molecular flexibility index (Phi) is 6.89. The van der Waals surface area contributed by atoms with Gasteiger partial charge in [-0.25, -0.2) is 4.39 Å². The highest BCUT2D eigenvalue weighted by Gasteiger charge is 2.27. The fraction of sp³-hybridized carbons (Fsp3) is 0.438. The molecule has 2 N–H and O–H groups in total. The highest BCUT2D eigenvalue weighted by molar-refractivity contribution is 7.80. The van der Waals surface area contributed by atoms with Gasteiger partial charge in [0.1, 0.15) is 5.82 Å². The molecule has 0 heterocycles. The van der Waals surface area contributed by atoms with Gasteiger partial charge in [-0.3, -0.25) is 13.3 Å². The number of carbonyl (C=O) groups excluding carboxylic acids is 1. The zero-order valence-electron chi connectivity index (χ0n) is 13.2. The molecule has 6 nitrogen and oxygen atoms in total. The first-order chi connectivity index (χ1) is 11.6. The molecule has 0 fully saturated rings. The largest absolute Gasteiger partial charge is 0.755 e. The number of hydrogen-bond donors (Lipinski definition) is 1. The molecule has 0 aromatic heterocycles. The van der Waals surface area contributed by atoms with Crippen LogP contribution in [0.5, 0.6) is 0 Å².